The molecule has 7 nitrogen and oxygen atoms in total. The maximum atomic E-state index is 12.6. The molecule has 0 fully saturated rings. The molecule has 2 heterocycles. The number of fused-ring (bicyclic) bond motifs is 1. The second-order valence-electron chi connectivity index (χ2n) is 6.08. The Balaban J connectivity index is 1.58. The minimum absolute atomic E-state index is 0.0800. The van der Waals surface area contributed by atoms with Crippen molar-refractivity contribution in [3.8, 4) is 23.0 Å². The van der Waals surface area contributed by atoms with Crippen molar-refractivity contribution in [1.82, 2.24) is 0 Å². The summed E-state index contributed by atoms with van der Waals surface area (Å²) in [7, 11) is 3.00. The molecule has 0 atom stereocenters. The van der Waals surface area contributed by atoms with Crippen molar-refractivity contribution in [1.29, 1.82) is 0 Å². The normalized spacial score (nSPS) is 13.7. The number of carbonyl (C=O) groups excluding carboxylic acids is 2. The molecule has 0 unspecified atom stereocenters. The zero-order chi connectivity index (χ0) is 20.4. The predicted octanol–water partition coefficient (Wildman–Crippen LogP) is 4.13. The molecule has 0 N–H and O–H groups in total. The highest BCUT2D eigenvalue weighted by Gasteiger charge is 2.27. The molecule has 0 spiro atoms. The van der Waals surface area contributed by atoms with Gasteiger partial charge >= 0.3 is 5.97 Å². The summed E-state index contributed by atoms with van der Waals surface area (Å²) in [5.41, 5.74) is 1.11. The number of hydrogen-bond acceptors (Lipinski definition) is 7. The Hall–Kier alpha value is -4.00. The van der Waals surface area contributed by atoms with Crippen LogP contribution in [0.5, 0.6) is 23.0 Å². The highest BCUT2D eigenvalue weighted by molar-refractivity contribution is 6.14. The number of benzene rings is 2. The predicted molar refractivity (Wildman–Crippen MR) is 103 cm³/mol. The van der Waals surface area contributed by atoms with Crippen molar-refractivity contribution in [2.75, 3.05) is 14.2 Å². The van der Waals surface area contributed by atoms with Crippen molar-refractivity contribution < 1.29 is 33.0 Å². The third-order valence-electron chi connectivity index (χ3n) is 4.29. The van der Waals surface area contributed by atoms with Crippen molar-refractivity contribution >= 4 is 17.8 Å². The fraction of sp³-hybridized carbons (Fsp3) is 0.0909. The number of allylic oxidation sites excluding steroid dienone is 1. The topological polar surface area (TPSA) is 84.2 Å². The van der Waals surface area contributed by atoms with E-state index in [1.165, 1.54) is 19.4 Å². The number of hydrogen-bond donors (Lipinski definition) is 0. The van der Waals surface area contributed by atoms with Crippen LogP contribution in [0.3, 0.4) is 0 Å². The SMILES string of the molecule is COc1ccc2c(c1)O/C(=C\c1ccc(OC(=O)c3ccco3)c(OC)c1)C2=O. The largest absolute Gasteiger partial charge is 0.497 e. The highest BCUT2D eigenvalue weighted by Crippen LogP contribution is 2.36. The lowest BCUT2D eigenvalue weighted by Crippen LogP contribution is -2.08. The van der Waals surface area contributed by atoms with E-state index in [2.05, 4.69) is 0 Å². The zero-order valence-corrected chi connectivity index (χ0v) is 15.6. The second kappa shape index (κ2) is 7.55. The van der Waals surface area contributed by atoms with Crippen LogP contribution in [0.25, 0.3) is 6.08 Å². The van der Waals surface area contributed by atoms with Gasteiger partial charge in [-0.25, -0.2) is 4.79 Å². The molecule has 0 bridgehead atoms. The molecule has 3 aromatic rings. The van der Waals surface area contributed by atoms with E-state index in [0.717, 1.165) is 0 Å². The molecule has 1 aromatic heterocycles. The molecule has 0 radical (unpaired) electrons. The van der Waals surface area contributed by atoms with E-state index in [-0.39, 0.29) is 23.1 Å². The van der Waals surface area contributed by atoms with E-state index in [1.807, 2.05) is 0 Å². The summed E-state index contributed by atoms with van der Waals surface area (Å²) in [6.07, 6.45) is 2.98. The summed E-state index contributed by atoms with van der Waals surface area (Å²) in [6, 6.07) is 13.0. The number of carbonyl (C=O) groups is 2. The molecular weight excluding hydrogens is 376 g/mol. The first-order chi connectivity index (χ1) is 14.1. The van der Waals surface area contributed by atoms with Crippen molar-refractivity contribution in [3.63, 3.8) is 0 Å². The van der Waals surface area contributed by atoms with Crippen molar-refractivity contribution in [2.45, 2.75) is 0 Å². The van der Waals surface area contributed by atoms with Gasteiger partial charge in [0.2, 0.25) is 11.5 Å². The van der Waals surface area contributed by atoms with Crippen LogP contribution in [-0.4, -0.2) is 26.0 Å². The molecule has 0 saturated carbocycles. The van der Waals surface area contributed by atoms with Crippen LogP contribution in [0.1, 0.15) is 26.5 Å². The Bertz CT molecular complexity index is 1110. The second-order valence-corrected chi connectivity index (χ2v) is 6.08. The fourth-order valence-corrected chi connectivity index (χ4v) is 2.85. The van der Waals surface area contributed by atoms with E-state index in [9.17, 15) is 9.59 Å². The number of Topliss-reactive ketones (excluding diaryl/α,β-unsaturated/α-hetero) is 1. The summed E-state index contributed by atoms with van der Waals surface area (Å²) in [5, 5.41) is 0. The lowest BCUT2D eigenvalue weighted by atomic mass is 10.1. The van der Waals surface area contributed by atoms with E-state index in [0.29, 0.717) is 28.4 Å². The third-order valence-corrected chi connectivity index (χ3v) is 4.29. The quantitative estimate of drug-likeness (QED) is 0.367. The summed E-state index contributed by atoms with van der Waals surface area (Å²) in [4.78, 5) is 24.6. The van der Waals surface area contributed by atoms with E-state index in [1.54, 1.807) is 55.7 Å². The summed E-state index contributed by atoms with van der Waals surface area (Å²) in [6.45, 7) is 0. The number of esters is 1. The first kappa shape index (κ1) is 18.4. The van der Waals surface area contributed by atoms with Crippen LogP contribution in [-0.2, 0) is 0 Å². The van der Waals surface area contributed by atoms with Gasteiger partial charge in [-0.15, -0.1) is 0 Å². The van der Waals surface area contributed by atoms with Gasteiger partial charge in [0.15, 0.2) is 17.3 Å². The molecule has 29 heavy (non-hydrogen) atoms. The van der Waals surface area contributed by atoms with Gasteiger partial charge in [-0.3, -0.25) is 4.79 Å². The first-order valence-electron chi connectivity index (χ1n) is 8.65. The number of ketones is 1. The van der Waals surface area contributed by atoms with Gasteiger partial charge in [0.1, 0.15) is 11.5 Å². The van der Waals surface area contributed by atoms with Crippen LogP contribution < -0.4 is 18.9 Å². The Kier molecular flexibility index (Phi) is 4.78. The van der Waals surface area contributed by atoms with Gasteiger partial charge in [0, 0.05) is 6.07 Å². The molecule has 0 saturated heterocycles. The molecule has 7 heteroatoms. The first-order valence-corrected chi connectivity index (χ1v) is 8.65. The average molecular weight is 392 g/mol. The van der Waals surface area contributed by atoms with Crippen LogP contribution in [0.2, 0.25) is 0 Å². The van der Waals surface area contributed by atoms with Crippen molar-refractivity contribution in [2.24, 2.45) is 0 Å². The van der Waals surface area contributed by atoms with Gasteiger partial charge < -0.3 is 23.4 Å². The van der Waals surface area contributed by atoms with E-state index < -0.39 is 5.97 Å². The van der Waals surface area contributed by atoms with Crippen LogP contribution in [0, 0.1) is 0 Å². The number of ether oxygens (including phenoxy) is 4. The lowest BCUT2D eigenvalue weighted by molar-refractivity contribution is 0.0696. The Labute approximate surface area is 166 Å². The maximum absolute atomic E-state index is 12.6. The van der Waals surface area contributed by atoms with Gasteiger partial charge in [-0.05, 0) is 48.0 Å². The van der Waals surface area contributed by atoms with Gasteiger partial charge in [0.05, 0.1) is 26.0 Å². The molecule has 4 rings (SSSR count). The van der Waals surface area contributed by atoms with Gasteiger partial charge in [0.25, 0.3) is 0 Å². The summed E-state index contributed by atoms with van der Waals surface area (Å²) < 4.78 is 26.5. The minimum Gasteiger partial charge on any atom is -0.497 e. The van der Waals surface area contributed by atoms with Crippen LogP contribution >= 0.6 is 0 Å². The molecular formula is C22H16O7. The smallest absolute Gasteiger partial charge is 0.379 e. The Morgan fingerprint density at radius 2 is 1.86 bits per heavy atom. The standard InChI is InChI=1S/C22H16O7/c1-25-14-6-7-15-18(12-14)28-20(21(15)23)11-13-5-8-16(19(10-13)26-2)29-22(24)17-4-3-9-27-17/h3-12H,1-2H3/b20-11-. The maximum Gasteiger partial charge on any atom is 0.379 e. The number of methoxy groups -OCH3 is 2. The summed E-state index contributed by atoms with van der Waals surface area (Å²) in [5.74, 6) is 0.977. The van der Waals surface area contributed by atoms with Crippen LogP contribution in [0.15, 0.2) is 65.0 Å². The lowest BCUT2D eigenvalue weighted by Gasteiger charge is -2.09. The Morgan fingerprint density at radius 1 is 1.00 bits per heavy atom. The fourth-order valence-electron chi connectivity index (χ4n) is 2.85. The van der Waals surface area contributed by atoms with Gasteiger partial charge in [-0.1, -0.05) is 6.07 Å². The third kappa shape index (κ3) is 3.58. The van der Waals surface area contributed by atoms with E-state index >= 15 is 0 Å². The molecule has 2 aromatic carbocycles. The van der Waals surface area contributed by atoms with E-state index in [4.69, 9.17) is 23.4 Å². The Morgan fingerprint density at radius 3 is 2.59 bits per heavy atom. The average Bonchev–Trinajstić information content (AvgIpc) is 3.38. The molecule has 146 valence electrons. The van der Waals surface area contributed by atoms with Gasteiger partial charge in [-0.2, -0.15) is 0 Å². The highest BCUT2D eigenvalue weighted by atomic mass is 16.6. The molecule has 0 aliphatic carbocycles. The zero-order valence-electron chi connectivity index (χ0n) is 15.6. The molecule has 1 aliphatic heterocycles. The number of rotatable bonds is 5. The minimum atomic E-state index is -0.641. The number of furan rings is 1. The molecule has 0 amide bonds. The molecule has 1 aliphatic rings. The van der Waals surface area contributed by atoms with Crippen LogP contribution in [0.4, 0.5) is 0 Å². The summed E-state index contributed by atoms with van der Waals surface area (Å²) >= 11 is 0. The monoisotopic (exact) mass is 392 g/mol. The van der Waals surface area contributed by atoms with Crippen molar-refractivity contribution in [3.05, 3.63) is 77.4 Å².